The molecule has 1 aromatic rings. The quantitative estimate of drug-likeness (QED) is 0.896. The van der Waals surface area contributed by atoms with Crippen LogP contribution in [0.3, 0.4) is 0 Å². The molecule has 2 unspecified atom stereocenters. The highest BCUT2D eigenvalue weighted by Gasteiger charge is 2.28. The molecule has 1 aliphatic rings. The molecule has 3 heteroatoms. The van der Waals surface area contributed by atoms with E-state index < -0.39 is 0 Å². The van der Waals surface area contributed by atoms with E-state index in [-0.39, 0.29) is 0 Å². The fourth-order valence-corrected chi connectivity index (χ4v) is 3.33. The summed E-state index contributed by atoms with van der Waals surface area (Å²) in [5.74, 6) is 1.68. The van der Waals surface area contributed by atoms with E-state index in [1.165, 1.54) is 24.1 Å². The monoisotopic (exact) mass is 290 g/mol. The molecule has 0 amide bonds. The smallest absolute Gasteiger partial charge is 0.119 e. The molecule has 1 saturated heterocycles. The van der Waals surface area contributed by atoms with E-state index in [1.54, 1.807) is 7.11 Å². The number of hydrogen-bond acceptors (Lipinski definition) is 3. The fourth-order valence-electron chi connectivity index (χ4n) is 3.33. The first-order valence-electron chi connectivity index (χ1n) is 8.19. The van der Waals surface area contributed by atoms with Crippen molar-refractivity contribution in [2.45, 2.75) is 52.6 Å². The van der Waals surface area contributed by atoms with Gasteiger partial charge >= 0.3 is 0 Å². The lowest BCUT2D eigenvalue weighted by molar-refractivity contribution is 0.343. The normalized spacial score (nSPS) is 22.7. The molecule has 118 valence electrons. The summed E-state index contributed by atoms with van der Waals surface area (Å²) in [4.78, 5) is 2.60. The van der Waals surface area contributed by atoms with Gasteiger partial charge in [-0.1, -0.05) is 20.8 Å². The van der Waals surface area contributed by atoms with E-state index in [4.69, 9.17) is 4.74 Å². The maximum absolute atomic E-state index is 5.33. The van der Waals surface area contributed by atoms with Crippen LogP contribution in [0.1, 0.15) is 39.2 Å². The fraction of sp³-hybridized carbons (Fsp3) is 0.667. The first-order chi connectivity index (χ1) is 10.0. The number of nitrogens with zero attached hydrogens (tertiary/aromatic N) is 1. The topological polar surface area (TPSA) is 24.5 Å². The lowest BCUT2D eigenvalue weighted by Gasteiger charge is -2.43. The highest BCUT2D eigenvalue weighted by Crippen LogP contribution is 2.29. The second kappa shape index (κ2) is 7.17. The van der Waals surface area contributed by atoms with Crippen LogP contribution in [0.15, 0.2) is 18.2 Å². The van der Waals surface area contributed by atoms with Crippen LogP contribution in [0.4, 0.5) is 5.69 Å². The summed E-state index contributed by atoms with van der Waals surface area (Å²) < 4.78 is 5.33. The summed E-state index contributed by atoms with van der Waals surface area (Å²) >= 11 is 0. The SMILES string of the molecule is CCC1CNC(CC(C)C)CN1c1ccc(OC)cc1C. The molecule has 0 aliphatic carbocycles. The molecule has 2 rings (SSSR count). The van der Waals surface area contributed by atoms with E-state index >= 15 is 0 Å². The van der Waals surface area contributed by atoms with Gasteiger partial charge < -0.3 is 15.0 Å². The van der Waals surface area contributed by atoms with Gasteiger partial charge in [-0.3, -0.25) is 0 Å². The van der Waals surface area contributed by atoms with Gasteiger partial charge in [0, 0.05) is 30.9 Å². The minimum Gasteiger partial charge on any atom is -0.497 e. The molecule has 0 radical (unpaired) electrons. The highest BCUT2D eigenvalue weighted by molar-refractivity contribution is 5.57. The lowest BCUT2D eigenvalue weighted by atomic mass is 9.97. The molecule has 21 heavy (non-hydrogen) atoms. The van der Waals surface area contributed by atoms with Crippen LogP contribution in [0.2, 0.25) is 0 Å². The molecule has 0 spiro atoms. The molecule has 1 N–H and O–H groups in total. The number of benzene rings is 1. The molecule has 1 aromatic carbocycles. The highest BCUT2D eigenvalue weighted by atomic mass is 16.5. The Balaban J connectivity index is 2.20. The molecule has 1 aliphatic heterocycles. The molecule has 1 fully saturated rings. The Morgan fingerprint density at radius 1 is 1.38 bits per heavy atom. The van der Waals surface area contributed by atoms with Crippen molar-refractivity contribution in [2.75, 3.05) is 25.1 Å². The number of aryl methyl sites for hydroxylation is 1. The van der Waals surface area contributed by atoms with Crippen molar-refractivity contribution < 1.29 is 4.74 Å². The summed E-state index contributed by atoms with van der Waals surface area (Å²) in [7, 11) is 1.73. The third kappa shape index (κ3) is 3.91. The first-order valence-corrected chi connectivity index (χ1v) is 8.19. The van der Waals surface area contributed by atoms with E-state index in [9.17, 15) is 0 Å². The molecule has 3 nitrogen and oxygen atoms in total. The number of methoxy groups -OCH3 is 1. The van der Waals surface area contributed by atoms with Gasteiger partial charge in [-0.25, -0.2) is 0 Å². The maximum Gasteiger partial charge on any atom is 0.119 e. The van der Waals surface area contributed by atoms with Gasteiger partial charge in [-0.2, -0.15) is 0 Å². The number of anilines is 1. The summed E-state index contributed by atoms with van der Waals surface area (Å²) in [6, 6.07) is 7.61. The summed E-state index contributed by atoms with van der Waals surface area (Å²) in [6.07, 6.45) is 2.41. The number of ether oxygens (including phenoxy) is 1. The van der Waals surface area contributed by atoms with Crippen molar-refractivity contribution in [3.8, 4) is 5.75 Å². The van der Waals surface area contributed by atoms with Gasteiger partial charge in [0.15, 0.2) is 0 Å². The Labute approximate surface area is 129 Å². The van der Waals surface area contributed by atoms with Crippen LogP contribution >= 0.6 is 0 Å². The van der Waals surface area contributed by atoms with E-state index in [2.05, 4.69) is 56.1 Å². The largest absolute Gasteiger partial charge is 0.497 e. The maximum atomic E-state index is 5.33. The lowest BCUT2D eigenvalue weighted by Crippen LogP contribution is -2.57. The van der Waals surface area contributed by atoms with Crippen LogP contribution in [-0.2, 0) is 0 Å². The molecule has 0 saturated carbocycles. The molecule has 1 heterocycles. The number of piperazine rings is 1. The second-order valence-corrected chi connectivity index (χ2v) is 6.60. The van der Waals surface area contributed by atoms with Crippen LogP contribution < -0.4 is 15.0 Å². The Bertz CT molecular complexity index is 459. The van der Waals surface area contributed by atoms with Crippen LogP contribution in [0.5, 0.6) is 5.75 Å². The summed E-state index contributed by atoms with van der Waals surface area (Å²) in [6.45, 7) is 11.3. The zero-order valence-electron chi connectivity index (χ0n) is 14.1. The molecule has 2 atom stereocenters. The Morgan fingerprint density at radius 2 is 2.14 bits per heavy atom. The average molecular weight is 290 g/mol. The standard InChI is InChI=1S/C18H30N2O/c1-6-16-11-19-15(9-13(2)3)12-20(16)18-8-7-17(21-5)10-14(18)4/h7-8,10,13,15-16,19H,6,9,11-12H2,1-5H3. The van der Waals surface area contributed by atoms with Crippen molar-refractivity contribution in [2.24, 2.45) is 5.92 Å². The molecule has 0 aromatic heterocycles. The minimum absolute atomic E-state index is 0.584. The van der Waals surface area contributed by atoms with Gasteiger partial charge in [-0.05, 0) is 49.4 Å². The average Bonchev–Trinajstić information content (AvgIpc) is 2.46. The predicted molar refractivity (Wildman–Crippen MR) is 90.4 cm³/mol. The zero-order valence-corrected chi connectivity index (χ0v) is 14.1. The summed E-state index contributed by atoms with van der Waals surface area (Å²) in [5.41, 5.74) is 2.66. The Morgan fingerprint density at radius 3 is 2.71 bits per heavy atom. The van der Waals surface area contributed by atoms with E-state index in [0.717, 1.165) is 24.8 Å². The van der Waals surface area contributed by atoms with Gasteiger partial charge in [0.05, 0.1) is 7.11 Å². The van der Waals surface area contributed by atoms with Gasteiger partial charge in [-0.15, -0.1) is 0 Å². The number of hydrogen-bond donors (Lipinski definition) is 1. The predicted octanol–water partition coefficient (Wildman–Crippen LogP) is 3.61. The molecular formula is C18H30N2O. The minimum atomic E-state index is 0.584. The van der Waals surface area contributed by atoms with Crippen LogP contribution in [-0.4, -0.2) is 32.3 Å². The number of nitrogens with one attached hydrogen (secondary N) is 1. The van der Waals surface area contributed by atoms with Crippen LogP contribution in [0.25, 0.3) is 0 Å². The van der Waals surface area contributed by atoms with Gasteiger partial charge in [0.1, 0.15) is 5.75 Å². The Hall–Kier alpha value is -1.22. The van der Waals surface area contributed by atoms with Gasteiger partial charge in [0.2, 0.25) is 0 Å². The molecule has 0 bridgehead atoms. The van der Waals surface area contributed by atoms with Crippen LogP contribution in [0, 0.1) is 12.8 Å². The molecular weight excluding hydrogens is 260 g/mol. The van der Waals surface area contributed by atoms with Crippen molar-refractivity contribution >= 4 is 5.69 Å². The Kier molecular flexibility index (Phi) is 5.51. The third-order valence-corrected chi connectivity index (χ3v) is 4.44. The summed E-state index contributed by atoms with van der Waals surface area (Å²) in [5, 5.41) is 3.73. The second-order valence-electron chi connectivity index (χ2n) is 6.60. The zero-order chi connectivity index (χ0) is 15.4. The van der Waals surface area contributed by atoms with Crippen molar-refractivity contribution in [3.63, 3.8) is 0 Å². The van der Waals surface area contributed by atoms with E-state index in [0.29, 0.717) is 12.1 Å². The van der Waals surface area contributed by atoms with Crippen molar-refractivity contribution in [1.82, 2.24) is 5.32 Å². The van der Waals surface area contributed by atoms with E-state index in [1.807, 2.05) is 0 Å². The third-order valence-electron chi connectivity index (χ3n) is 4.44. The van der Waals surface area contributed by atoms with Crippen molar-refractivity contribution in [3.05, 3.63) is 23.8 Å². The first kappa shape index (κ1) is 16.2. The van der Waals surface area contributed by atoms with Crippen molar-refractivity contribution in [1.29, 1.82) is 0 Å². The van der Waals surface area contributed by atoms with Gasteiger partial charge in [0.25, 0.3) is 0 Å². The number of rotatable bonds is 5.